The van der Waals surface area contributed by atoms with E-state index in [0.717, 1.165) is 23.3 Å². The second-order valence-corrected chi connectivity index (χ2v) is 10.2. The number of phenols is 1. The van der Waals surface area contributed by atoms with Crippen molar-refractivity contribution in [1.82, 2.24) is 19.1 Å². The van der Waals surface area contributed by atoms with Gasteiger partial charge in [0.1, 0.15) is 22.5 Å². The number of hydrogen-bond acceptors (Lipinski definition) is 9. The zero-order chi connectivity index (χ0) is 26.6. The molecule has 0 radical (unpaired) electrons. The van der Waals surface area contributed by atoms with E-state index < -0.39 is 62.4 Å². The van der Waals surface area contributed by atoms with Gasteiger partial charge in [-0.3, -0.25) is 19.5 Å². The fourth-order valence-electron chi connectivity index (χ4n) is 4.19. The third kappa shape index (κ3) is 3.91. The van der Waals surface area contributed by atoms with E-state index in [4.69, 9.17) is 4.74 Å². The van der Waals surface area contributed by atoms with E-state index in [2.05, 4.69) is 4.98 Å². The molecule has 2 aliphatic rings. The molecule has 190 valence electrons. The van der Waals surface area contributed by atoms with E-state index >= 15 is 0 Å². The monoisotopic (exact) mass is 528 g/mol. The molecule has 3 aromatic rings. The van der Waals surface area contributed by atoms with Crippen LogP contribution in [0.2, 0.25) is 0 Å². The van der Waals surface area contributed by atoms with Gasteiger partial charge in [0.15, 0.2) is 11.5 Å². The van der Waals surface area contributed by atoms with E-state index in [-0.39, 0.29) is 30.5 Å². The van der Waals surface area contributed by atoms with Crippen molar-refractivity contribution in [2.45, 2.75) is 6.54 Å². The van der Waals surface area contributed by atoms with Crippen LogP contribution in [-0.2, 0) is 16.6 Å². The molecule has 0 saturated carbocycles. The summed E-state index contributed by atoms with van der Waals surface area (Å²) in [6.07, 6.45) is 0.837. The first kappa shape index (κ1) is 24.1. The highest BCUT2D eigenvalue weighted by Crippen LogP contribution is 2.44. The number of imide groups is 2. The summed E-state index contributed by atoms with van der Waals surface area (Å²) in [7, 11) is -3.93. The van der Waals surface area contributed by atoms with Crippen LogP contribution in [0.5, 0.6) is 11.5 Å². The molecule has 0 bridgehead atoms. The average molecular weight is 528 g/mol. The average Bonchev–Trinajstić information content (AvgIpc) is 3.36. The van der Waals surface area contributed by atoms with Crippen molar-refractivity contribution in [3.8, 4) is 11.5 Å². The SMILES string of the molecule is CS(=O)(=O)N1CCN(C(=O)Oc2c3c(c(O)c4ncccc24)C(=O)N(Cc2ccc(F)cc2)C3=O)C1=O. The second-order valence-electron chi connectivity index (χ2n) is 8.29. The Labute approximate surface area is 208 Å². The summed E-state index contributed by atoms with van der Waals surface area (Å²) in [4.78, 5) is 57.4. The third-order valence-electron chi connectivity index (χ3n) is 5.94. The van der Waals surface area contributed by atoms with Gasteiger partial charge in [0.05, 0.1) is 25.9 Å². The molecule has 12 nitrogen and oxygen atoms in total. The number of hydrogen-bond donors (Lipinski definition) is 1. The fraction of sp³-hybridized carbons (Fsp3) is 0.174. The number of aromatic hydroxyl groups is 1. The minimum atomic E-state index is -3.93. The highest BCUT2D eigenvalue weighted by Gasteiger charge is 2.44. The summed E-state index contributed by atoms with van der Waals surface area (Å²) < 4.78 is 42.8. The number of urea groups is 1. The van der Waals surface area contributed by atoms with Crippen molar-refractivity contribution < 1.29 is 41.8 Å². The van der Waals surface area contributed by atoms with Crippen molar-refractivity contribution in [2.75, 3.05) is 19.3 Å². The predicted molar refractivity (Wildman–Crippen MR) is 124 cm³/mol. The molecule has 5 amide bonds. The lowest BCUT2D eigenvalue weighted by molar-refractivity contribution is 0.0641. The first-order valence-corrected chi connectivity index (χ1v) is 12.6. The van der Waals surface area contributed by atoms with Crippen molar-refractivity contribution >= 4 is 44.9 Å². The topological polar surface area (TPSA) is 154 Å². The van der Waals surface area contributed by atoms with E-state index in [1.54, 1.807) is 0 Å². The molecule has 1 N–H and O–H groups in total. The molecule has 1 saturated heterocycles. The van der Waals surface area contributed by atoms with Gasteiger partial charge in [-0.15, -0.1) is 0 Å². The zero-order valence-corrected chi connectivity index (χ0v) is 19.9. The fourth-order valence-corrected chi connectivity index (χ4v) is 4.99. The largest absolute Gasteiger partial charge is 0.505 e. The first-order valence-electron chi connectivity index (χ1n) is 10.7. The molecule has 2 aliphatic heterocycles. The summed E-state index contributed by atoms with van der Waals surface area (Å²) in [5.74, 6) is -3.34. The van der Waals surface area contributed by atoms with E-state index in [0.29, 0.717) is 14.8 Å². The van der Waals surface area contributed by atoms with Gasteiger partial charge in [-0.05, 0) is 29.8 Å². The van der Waals surface area contributed by atoms with E-state index in [9.17, 15) is 37.1 Å². The van der Waals surface area contributed by atoms with Gasteiger partial charge in [-0.2, -0.15) is 0 Å². The number of ether oxygens (including phenoxy) is 1. The summed E-state index contributed by atoms with van der Waals surface area (Å²) in [6, 6.07) is 6.77. The van der Waals surface area contributed by atoms with Gasteiger partial charge >= 0.3 is 12.1 Å². The molecule has 2 aromatic carbocycles. The van der Waals surface area contributed by atoms with Crippen LogP contribution in [0.15, 0.2) is 42.6 Å². The van der Waals surface area contributed by atoms with Crippen molar-refractivity contribution in [3.05, 3.63) is 65.1 Å². The van der Waals surface area contributed by atoms with Gasteiger partial charge < -0.3 is 9.84 Å². The maximum atomic E-state index is 13.4. The molecule has 14 heteroatoms. The molecule has 37 heavy (non-hydrogen) atoms. The Kier molecular flexibility index (Phi) is 5.55. The van der Waals surface area contributed by atoms with Crippen molar-refractivity contribution in [2.24, 2.45) is 0 Å². The van der Waals surface area contributed by atoms with Crippen LogP contribution < -0.4 is 4.74 Å². The van der Waals surface area contributed by atoms with Crippen LogP contribution in [0.3, 0.4) is 0 Å². The molecule has 3 heterocycles. The number of nitrogens with zero attached hydrogens (tertiary/aromatic N) is 4. The molecular weight excluding hydrogens is 511 g/mol. The number of rotatable bonds is 4. The number of aromatic nitrogens is 1. The van der Waals surface area contributed by atoms with Crippen molar-refractivity contribution in [3.63, 3.8) is 0 Å². The Morgan fingerprint density at radius 1 is 1.08 bits per heavy atom. The summed E-state index contributed by atoms with van der Waals surface area (Å²) in [5.41, 5.74) is -0.601. The smallest absolute Gasteiger partial charge is 0.423 e. The molecule has 0 spiro atoms. The van der Waals surface area contributed by atoms with E-state index in [1.807, 2.05) is 0 Å². The standard InChI is InChI=1S/C23H17FN4O8S/c1-37(34,35)28-10-9-26(22(28)32)23(33)36-19-14-3-2-8-25-17(14)18(29)15-16(19)21(31)27(20(15)30)11-12-4-6-13(24)7-5-12/h2-8,29H,9-11H2,1H3. The number of carbonyl (C=O) groups is 4. The minimum Gasteiger partial charge on any atom is -0.505 e. The van der Waals surface area contributed by atoms with E-state index in [1.165, 1.54) is 30.5 Å². The second kappa shape index (κ2) is 8.51. The van der Waals surface area contributed by atoms with Gasteiger partial charge in [0.25, 0.3) is 11.8 Å². The normalized spacial score (nSPS) is 15.6. The molecule has 1 aromatic heterocycles. The lowest BCUT2D eigenvalue weighted by atomic mass is 10.0. The summed E-state index contributed by atoms with van der Waals surface area (Å²) in [5, 5.41) is 10.8. The van der Waals surface area contributed by atoms with Crippen LogP contribution in [0.1, 0.15) is 26.3 Å². The molecular formula is C23H17FN4O8S. The highest BCUT2D eigenvalue weighted by atomic mass is 32.2. The van der Waals surface area contributed by atoms with Gasteiger partial charge in [-0.25, -0.2) is 31.6 Å². The minimum absolute atomic E-state index is 0.00324. The van der Waals surface area contributed by atoms with Crippen LogP contribution >= 0.6 is 0 Å². The molecule has 0 aliphatic carbocycles. The van der Waals surface area contributed by atoms with Crippen LogP contribution in [0, 0.1) is 5.82 Å². The van der Waals surface area contributed by atoms with Gasteiger partial charge in [-0.1, -0.05) is 12.1 Å². The Morgan fingerprint density at radius 2 is 1.76 bits per heavy atom. The Hall–Kier alpha value is -4.59. The summed E-state index contributed by atoms with van der Waals surface area (Å²) >= 11 is 0. The number of sulfonamides is 1. The first-order chi connectivity index (χ1) is 17.5. The highest BCUT2D eigenvalue weighted by molar-refractivity contribution is 7.88. The van der Waals surface area contributed by atoms with Crippen LogP contribution in [0.4, 0.5) is 14.0 Å². The third-order valence-corrected chi connectivity index (χ3v) is 7.08. The number of amides is 5. The maximum absolute atomic E-state index is 13.4. The number of halogens is 1. The number of benzene rings is 2. The Bertz CT molecular complexity index is 1620. The molecule has 1 fully saturated rings. The Morgan fingerprint density at radius 3 is 2.41 bits per heavy atom. The molecule has 5 rings (SSSR count). The van der Waals surface area contributed by atoms with Crippen LogP contribution in [0.25, 0.3) is 10.9 Å². The molecule has 0 unspecified atom stereocenters. The van der Waals surface area contributed by atoms with Gasteiger partial charge in [0, 0.05) is 11.6 Å². The van der Waals surface area contributed by atoms with Crippen molar-refractivity contribution in [1.29, 1.82) is 0 Å². The summed E-state index contributed by atoms with van der Waals surface area (Å²) in [6.45, 7) is -0.854. The number of fused-ring (bicyclic) bond motifs is 2. The maximum Gasteiger partial charge on any atom is 0.423 e. The quantitative estimate of drug-likeness (QED) is 0.501. The van der Waals surface area contributed by atoms with Gasteiger partial charge in [0.2, 0.25) is 10.0 Å². The van der Waals surface area contributed by atoms with Crippen LogP contribution in [-0.4, -0.2) is 75.9 Å². The lowest BCUT2D eigenvalue weighted by Gasteiger charge is -2.17. The Balaban J connectivity index is 1.57. The molecule has 0 atom stereocenters. The number of carbonyl (C=O) groups excluding carboxylic acids is 4. The number of pyridine rings is 1. The zero-order valence-electron chi connectivity index (χ0n) is 19.0. The predicted octanol–water partition coefficient (Wildman–Crippen LogP) is 2.07. The number of phenolic OH excluding ortho intramolecular Hbond substituents is 1. The lowest BCUT2D eigenvalue weighted by Crippen LogP contribution is -2.40.